The lowest BCUT2D eigenvalue weighted by Gasteiger charge is -2.20. The van der Waals surface area contributed by atoms with Gasteiger partial charge in [0.25, 0.3) is 10.1 Å². The van der Waals surface area contributed by atoms with Crippen LogP contribution in [0.25, 0.3) is 0 Å². The van der Waals surface area contributed by atoms with E-state index in [4.69, 9.17) is 4.18 Å². The second-order valence-corrected chi connectivity index (χ2v) is 7.50. The molecule has 2 aliphatic carbocycles. The lowest BCUT2D eigenvalue weighted by Crippen LogP contribution is -2.22. The molecule has 0 heterocycles. The molecule has 2 saturated carbocycles. The van der Waals surface area contributed by atoms with Crippen molar-refractivity contribution in [2.75, 3.05) is 0 Å². The summed E-state index contributed by atoms with van der Waals surface area (Å²) < 4.78 is 30.0. The minimum atomic E-state index is -3.60. The maximum Gasteiger partial charge on any atom is 0.297 e. The molecule has 19 heavy (non-hydrogen) atoms. The van der Waals surface area contributed by atoms with E-state index < -0.39 is 10.1 Å². The molecular formula is C15H20O3S. The van der Waals surface area contributed by atoms with Crippen molar-refractivity contribution < 1.29 is 12.6 Å². The minimum absolute atomic E-state index is 0.0983. The van der Waals surface area contributed by atoms with Crippen LogP contribution < -0.4 is 0 Å². The highest BCUT2D eigenvalue weighted by Crippen LogP contribution is 2.44. The first-order valence-corrected chi connectivity index (χ1v) is 8.45. The van der Waals surface area contributed by atoms with Crippen molar-refractivity contribution in [3.63, 3.8) is 0 Å². The first kappa shape index (κ1) is 13.1. The van der Waals surface area contributed by atoms with Crippen LogP contribution in [-0.4, -0.2) is 14.5 Å². The first-order chi connectivity index (χ1) is 9.04. The maximum atomic E-state index is 12.3. The van der Waals surface area contributed by atoms with E-state index in [1.54, 1.807) is 12.1 Å². The zero-order valence-electron chi connectivity index (χ0n) is 11.2. The van der Waals surface area contributed by atoms with Crippen molar-refractivity contribution in [1.82, 2.24) is 0 Å². The lowest BCUT2D eigenvalue weighted by molar-refractivity contribution is 0.162. The number of benzene rings is 1. The van der Waals surface area contributed by atoms with Crippen molar-refractivity contribution in [2.24, 2.45) is 11.8 Å². The maximum absolute atomic E-state index is 12.3. The van der Waals surface area contributed by atoms with Gasteiger partial charge in [-0.15, -0.1) is 0 Å². The fourth-order valence-corrected chi connectivity index (χ4v) is 4.59. The Morgan fingerprint density at radius 1 is 1.11 bits per heavy atom. The Bertz CT molecular complexity index is 547. The molecule has 4 heteroatoms. The van der Waals surface area contributed by atoms with Crippen LogP contribution in [0.2, 0.25) is 0 Å². The molecule has 3 rings (SSSR count). The van der Waals surface area contributed by atoms with Gasteiger partial charge in [0, 0.05) is 0 Å². The second-order valence-electron chi connectivity index (χ2n) is 5.93. The topological polar surface area (TPSA) is 43.4 Å². The summed E-state index contributed by atoms with van der Waals surface area (Å²) >= 11 is 0. The van der Waals surface area contributed by atoms with Gasteiger partial charge in [0.05, 0.1) is 11.0 Å². The second kappa shape index (κ2) is 4.91. The molecule has 2 fully saturated rings. The third-order valence-corrected chi connectivity index (χ3v) is 5.82. The normalized spacial score (nSPS) is 30.5. The molecule has 1 aromatic rings. The van der Waals surface area contributed by atoms with Crippen LogP contribution in [-0.2, 0) is 14.3 Å². The summed E-state index contributed by atoms with van der Waals surface area (Å²) in [4.78, 5) is 0.277. The zero-order chi connectivity index (χ0) is 13.5. The van der Waals surface area contributed by atoms with Crippen LogP contribution in [0.5, 0.6) is 0 Å². The Morgan fingerprint density at radius 3 is 2.53 bits per heavy atom. The van der Waals surface area contributed by atoms with Crippen LogP contribution in [0.15, 0.2) is 29.2 Å². The summed E-state index contributed by atoms with van der Waals surface area (Å²) in [6.07, 6.45) is 5.54. The summed E-state index contributed by atoms with van der Waals surface area (Å²) in [7, 11) is -3.60. The van der Waals surface area contributed by atoms with Crippen molar-refractivity contribution in [3.05, 3.63) is 29.8 Å². The summed E-state index contributed by atoms with van der Waals surface area (Å²) in [5.74, 6) is 1.12. The highest BCUT2D eigenvalue weighted by molar-refractivity contribution is 7.86. The molecule has 104 valence electrons. The predicted molar refractivity (Wildman–Crippen MR) is 73.3 cm³/mol. The lowest BCUT2D eigenvalue weighted by atomic mass is 9.89. The van der Waals surface area contributed by atoms with Gasteiger partial charge in [-0.3, -0.25) is 4.18 Å². The van der Waals surface area contributed by atoms with E-state index in [1.165, 1.54) is 12.8 Å². The zero-order valence-corrected chi connectivity index (χ0v) is 12.0. The molecule has 1 aromatic carbocycles. The molecule has 2 bridgehead atoms. The SMILES string of the molecule is Cc1ccc(S(=O)(=O)O[C@H]2C[C@@H]3CCC[C@@H]2C3)cc1. The fourth-order valence-electron chi connectivity index (χ4n) is 3.45. The number of hydrogen-bond donors (Lipinski definition) is 0. The number of rotatable bonds is 3. The van der Waals surface area contributed by atoms with E-state index >= 15 is 0 Å². The van der Waals surface area contributed by atoms with E-state index in [0.717, 1.165) is 24.8 Å². The molecule has 0 saturated heterocycles. The van der Waals surface area contributed by atoms with E-state index in [1.807, 2.05) is 19.1 Å². The summed E-state index contributed by atoms with van der Waals surface area (Å²) in [5.41, 5.74) is 1.05. The molecule has 3 nitrogen and oxygen atoms in total. The van der Waals surface area contributed by atoms with Gasteiger partial charge in [-0.2, -0.15) is 8.42 Å². The summed E-state index contributed by atoms with van der Waals surface area (Å²) in [6.45, 7) is 1.94. The van der Waals surface area contributed by atoms with E-state index in [2.05, 4.69) is 0 Å². The quantitative estimate of drug-likeness (QED) is 0.798. The van der Waals surface area contributed by atoms with E-state index in [9.17, 15) is 8.42 Å². The number of aryl methyl sites for hydroxylation is 1. The Hall–Kier alpha value is -0.870. The average molecular weight is 280 g/mol. The Balaban J connectivity index is 1.77. The number of hydrogen-bond acceptors (Lipinski definition) is 3. The van der Waals surface area contributed by atoms with Crippen LogP contribution in [0.4, 0.5) is 0 Å². The molecule has 0 amide bonds. The molecule has 0 aliphatic heterocycles. The molecular weight excluding hydrogens is 260 g/mol. The van der Waals surface area contributed by atoms with Crippen molar-refractivity contribution in [3.8, 4) is 0 Å². The van der Waals surface area contributed by atoms with Gasteiger partial charge in [-0.1, -0.05) is 30.5 Å². The predicted octanol–water partition coefficient (Wildman–Crippen LogP) is 3.28. The van der Waals surface area contributed by atoms with Gasteiger partial charge < -0.3 is 0 Å². The highest BCUT2D eigenvalue weighted by Gasteiger charge is 2.40. The summed E-state index contributed by atoms with van der Waals surface area (Å²) in [6, 6.07) is 6.88. The van der Waals surface area contributed by atoms with Crippen LogP contribution in [0.3, 0.4) is 0 Å². The van der Waals surface area contributed by atoms with Gasteiger partial charge in [-0.05, 0) is 50.2 Å². The van der Waals surface area contributed by atoms with Crippen molar-refractivity contribution in [1.29, 1.82) is 0 Å². The smallest absolute Gasteiger partial charge is 0.263 e. The highest BCUT2D eigenvalue weighted by atomic mass is 32.2. The van der Waals surface area contributed by atoms with Gasteiger partial charge in [0.15, 0.2) is 0 Å². The molecule has 0 unspecified atom stereocenters. The molecule has 0 spiro atoms. The first-order valence-electron chi connectivity index (χ1n) is 7.04. The number of fused-ring (bicyclic) bond motifs is 2. The Labute approximate surface area is 115 Å². The molecule has 3 atom stereocenters. The summed E-state index contributed by atoms with van der Waals surface area (Å²) in [5, 5.41) is 0. The fraction of sp³-hybridized carbons (Fsp3) is 0.600. The van der Waals surface area contributed by atoms with Gasteiger partial charge >= 0.3 is 0 Å². The van der Waals surface area contributed by atoms with E-state index in [0.29, 0.717) is 11.8 Å². The largest absolute Gasteiger partial charge is 0.297 e. The Morgan fingerprint density at radius 2 is 1.84 bits per heavy atom. The van der Waals surface area contributed by atoms with Crippen LogP contribution in [0, 0.1) is 18.8 Å². The Kier molecular flexibility index (Phi) is 3.39. The van der Waals surface area contributed by atoms with Crippen LogP contribution >= 0.6 is 0 Å². The molecule has 0 aromatic heterocycles. The van der Waals surface area contributed by atoms with Gasteiger partial charge in [0.1, 0.15) is 0 Å². The monoisotopic (exact) mass is 280 g/mol. The average Bonchev–Trinajstić information content (AvgIpc) is 2.64. The van der Waals surface area contributed by atoms with Gasteiger partial charge in [-0.25, -0.2) is 0 Å². The van der Waals surface area contributed by atoms with Crippen molar-refractivity contribution in [2.45, 2.75) is 50.0 Å². The molecule has 2 aliphatic rings. The molecule has 0 N–H and O–H groups in total. The van der Waals surface area contributed by atoms with Crippen molar-refractivity contribution >= 4 is 10.1 Å². The third-order valence-electron chi connectivity index (χ3n) is 4.47. The standard InChI is InChI=1S/C15H20O3S/c1-11-5-7-14(8-6-11)19(16,17)18-15-10-12-3-2-4-13(15)9-12/h5-8,12-13,15H,2-4,9-10H2,1H3/t12-,13-,15+/m1/s1. The molecule has 0 radical (unpaired) electrons. The van der Waals surface area contributed by atoms with E-state index in [-0.39, 0.29) is 11.0 Å². The minimum Gasteiger partial charge on any atom is -0.263 e. The van der Waals surface area contributed by atoms with Gasteiger partial charge in [0.2, 0.25) is 0 Å². The third kappa shape index (κ3) is 2.70. The van der Waals surface area contributed by atoms with Crippen LogP contribution in [0.1, 0.15) is 37.7 Å².